The Balaban J connectivity index is 2.03. The van der Waals surface area contributed by atoms with Gasteiger partial charge in [-0.15, -0.1) is 0 Å². The van der Waals surface area contributed by atoms with Crippen molar-refractivity contribution in [2.75, 3.05) is 18.9 Å². The zero-order valence-electron chi connectivity index (χ0n) is 14.9. The van der Waals surface area contributed by atoms with Gasteiger partial charge in [0.15, 0.2) is 5.11 Å². The molecule has 0 aromatic heterocycles. The Labute approximate surface area is 160 Å². The fourth-order valence-electron chi connectivity index (χ4n) is 2.22. The van der Waals surface area contributed by atoms with Gasteiger partial charge in [-0.3, -0.25) is 0 Å². The lowest BCUT2D eigenvalue weighted by Crippen LogP contribution is -2.29. The van der Waals surface area contributed by atoms with Crippen molar-refractivity contribution in [3.63, 3.8) is 0 Å². The van der Waals surface area contributed by atoms with Gasteiger partial charge in [-0.2, -0.15) is 4.31 Å². The maximum atomic E-state index is 12.7. The topological polar surface area (TPSA) is 61.4 Å². The van der Waals surface area contributed by atoms with Crippen molar-refractivity contribution in [3.05, 3.63) is 72.3 Å². The van der Waals surface area contributed by atoms with Crippen LogP contribution in [0.25, 0.3) is 0 Å². The molecule has 0 aliphatic heterocycles. The summed E-state index contributed by atoms with van der Waals surface area (Å²) in [6.07, 6.45) is 0. The number of thiocarbonyl (C=S) groups is 1. The first kappa shape index (κ1) is 20.1. The van der Waals surface area contributed by atoms with Crippen LogP contribution in [0.15, 0.2) is 71.6 Å². The second kappa shape index (κ2) is 8.93. The number of benzene rings is 2. The van der Waals surface area contributed by atoms with Crippen molar-refractivity contribution in [1.29, 1.82) is 0 Å². The summed E-state index contributed by atoms with van der Waals surface area (Å²) in [6, 6.07) is 16.0. The molecule has 0 radical (unpaired) electrons. The number of hydrogen-bond acceptors (Lipinski definition) is 3. The molecule has 0 bridgehead atoms. The smallest absolute Gasteiger partial charge is 0.243 e. The Morgan fingerprint density at radius 3 is 2.31 bits per heavy atom. The van der Waals surface area contributed by atoms with E-state index in [2.05, 4.69) is 17.2 Å². The van der Waals surface area contributed by atoms with Gasteiger partial charge in [0, 0.05) is 25.8 Å². The molecule has 138 valence electrons. The number of rotatable bonds is 7. The number of sulfonamides is 1. The molecule has 5 nitrogen and oxygen atoms in total. The average molecular weight is 390 g/mol. The zero-order chi connectivity index (χ0) is 19.2. The Morgan fingerprint density at radius 2 is 1.73 bits per heavy atom. The molecular weight excluding hydrogens is 366 g/mol. The first-order valence-electron chi connectivity index (χ1n) is 8.08. The van der Waals surface area contributed by atoms with Gasteiger partial charge in [-0.1, -0.05) is 42.5 Å². The van der Waals surface area contributed by atoms with E-state index in [1.165, 1.54) is 4.31 Å². The van der Waals surface area contributed by atoms with Crippen molar-refractivity contribution >= 4 is 33.0 Å². The van der Waals surface area contributed by atoms with E-state index in [9.17, 15) is 8.42 Å². The van der Waals surface area contributed by atoms with Crippen LogP contribution in [-0.2, 0) is 16.6 Å². The van der Waals surface area contributed by atoms with Crippen molar-refractivity contribution in [2.45, 2.75) is 18.4 Å². The van der Waals surface area contributed by atoms with Crippen LogP contribution in [0, 0.1) is 0 Å². The van der Waals surface area contributed by atoms with Crippen molar-refractivity contribution < 1.29 is 8.42 Å². The van der Waals surface area contributed by atoms with Crippen LogP contribution >= 0.6 is 12.2 Å². The van der Waals surface area contributed by atoms with Crippen LogP contribution in [-0.4, -0.2) is 31.4 Å². The number of hydrogen-bond donors (Lipinski definition) is 2. The minimum absolute atomic E-state index is 0.238. The van der Waals surface area contributed by atoms with Crippen LogP contribution in [0.2, 0.25) is 0 Å². The maximum absolute atomic E-state index is 12.7. The molecule has 0 heterocycles. The molecular formula is C19H23N3O2S2. The highest BCUT2D eigenvalue weighted by atomic mass is 32.2. The summed E-state index contributed by atoms with van der Waals surface area (Å²) in [5, 5.41) is 6.49. The molecule has 2 rings (SSSR count). The molecule has 0 aliphatic carbocycles. The number of anilines is 1. The van der Waals surface area contributed by atoms with Gasteiger partial charge < -0.3 is 10.6 Å². The summed E-state index contributed by atoms with van der Waals surface area (Å²) >= 11 is 5.19. The number of nitrogens with zero attached hydrogens (tertiary/aromatic N) is 1. The quantitative estimate of drug-likeness (QED) is 0.562. The molecule has 2 N–H and O–H groups in total. The molecule has 0 aliphatic rings. The highest BCUT2D eigenvalue weighted by Crippen LogP contribution is 2.19. The van der Waals surface area contributed by atoms with E-state index in [0.717, 1.165) is 11.1 Å². The van der Waals surface area contributed by atoms with Gasteiger partial charge in [0.2, 0.25) is 10.0 Å². The second-order valence-corrected chi connectivity index (χ2v) is 8.49. The minimum Gasteiger partial charge on any atom is -0.359 e. The lowest BCUT2D eigenvalue weighted by atomic mass is 10.2. The molecule has 0 spiro atoms. The summed E-state index contributed by atoms with van der Waals surface area (Å²) in [5.41, 5.74) is 2.62. The Bertz CT molecular complexity index is 863. The summed E-state index contributed by atoms with van der Waals surface area (Å²) in [7, 11) is -1.98. The maximum Gasteiger partial charge on any atom is 0.243 e. The summed E-state index contributed by atoms with van der Waals surface area (Å²) in [4.78, 5) is 0.238. The highest BCUT2D eigenvalue weighted by Gasteiger charge is 2.20. The summed E-state index contributed by atoms with van der Waals surface area (Å²) in [5.74, 6) is 0. The molecule has 7 heteroatoms. The highest BCUT2D eigenvalue weighted by molar-refractivity contribution is 7.89. The van der Waals surface area contributed by atoms with E-state index < -0.39 is 10.0 Å². The third-order valence-corrected chi connectivity index (χ3v) is 5.68. The first-order chi connectivity index (χ1) is 12.3. The molecule has 0 amide bonds. The van der Waals surface area contributed by atoms with Gasteiger partial charge in [-0.05, 0) is 49.0 Å². The normalized spacial score (nSPS) is 11.2. The lowest BCUT2D eigenvalue weighted by Gasteiger charge is -2.18. The van der Waals surface area contributed by atoms with Crippen LogP contribution < -0.4 is 10.6 Å². The van der Waals surface area contributed by atoms with Crippen LogP contribution in [0.4, 0.5) is 5.69 Å². The Morgan fingerprint density at radius 1 is 1.12 bits per heavy atom. The molecule has 26 heavy (non-hydrogen) atoms. The Hall–Kier alpha value is -2.22. The largest absolute Gasteiger partial charge is 0.359 e. The summed E-state index contributed by atoms with van der Waals surface area (Å²) in [6.45, 7) is 6.61. The SMILES string of the molecule is C=C(C)CNC(=S)Nc1ccc(S(=O)(=O)N(C)Cc2ccccc2)cc1. The van der Waals surface area contributed by atoms with Crippen molar-refractivity contribution in [3.8, 4) is 0 Å². The zero-order valence-corrected chi connectivity index (χ0v) is 16.5. The van der Waals surface area contributed by atoms with Crippen LogP contribution in [0.3, 0.4) is 0 Å². The average Bonchev–Trinajstić information content (AvgIpc) is 2.61. The lowest BCUT2D eigenvalue weighted by molar-refractivity contribution is 0.467. The minimum atomic E-state index is -3.56. The fraction of sp³-hybridized carbons (Fsp3) is 0.211. The predicted octanol–water partition coefficient (Wildman–Crippen LogP) is 3.37. The van der Waals surface area contributed by atoms with Gasteiger partial charge in [-0.25, -0.2) is 8.42 Å². The van der Waals surface area contributed by atoms with Gasteiger partial charge in [0.1, 0.15) is 0 Å². The molecule has 0 saturated carbocycles. The molecule has 0 saturated heterocycles. The van der Waals surface area contributed by atoms with E-state index in [4.69, 9.17) is 12.2 Å². The van der Waals surface area contributed by atoms with Crippen LogP contribution in [0.1, 0.15) is 12.5 Å². The molecule has 0 atom stereocenters. The van der Waals surface area contributed by atoms with Gasteiger partial charge in [0.05, 0.1) is 4.90 Å². The molecule has 0 unspecified atom stereocenters. The monoisotopic (exact) mass is 389 g/mol. The molecule has 2 aromatic rings. The summed E-state index contributed by atoms with van der Waals surface area (Å²) < 4.78 is 26.7. The van der Waals surface area contributed by atoms with E-state index >= 15 is 0 Å². The number of nitrogens with one attached hydrogen (secondary N) is 2. The van der Waals surface area contributed by atoms with Crippen molar-refractivity contribution in [2.24, 2.45) is 0 Å². The van der Waals surface area contributed by atoms with E-state index in [-0.39, 0.29) is 4.90 Å². The van der Waals surface area contributed by atoms with Crippen LogP contribution in [0.5, 0.6) is 0 Å². The third kappa shape index (κ3) is 5.66. The predicted molar refractivity (Wildman–Crippen MR) is 111 cm³/mol. The fourth-order valence-corrected chi connectivity index (χ4v) is 3.57. The Kier molecular flexibility index (Phi) is 6.90. The van der Waals surface area contributed by atoms with E-state index in [1.807, 2.05) is 37.3 Å². The third-order valence-electron chi connectivity index (χ3n) is 3.62. The van der Waals surface area contributed by atoms with E-state index in [0.29, 0.717) is 23.9 Å². The first-order valence-corrected chi connectivity index (χ1v) is 9.93. The van der Waals surface area contributed by atoms with Gasteiger partial charge in [0.25, 0.3) is 0 Å². The molecule has 0 fully saturated rings. The van der Waals surface area contributed by atoms with E-state index in [1.54, 1.807) is 31.3 Å². The second-order valence-electron chi connectivity index (χ2n) is 6.04. The van der Waals surface area contributed by atoms with Gasteiger partial charge >= 0.3 is 0 Å². The van der Waals surface area contributed by atoms with Crippen molar-refractivity contribution in [1.82, 2.24) is 9.62 Å². The standard InChI is InChI=1S/C19H23N3O2S2/c1-15(2)13-20-19(25)21-17-9-11-18(12-10-17)26(23,24)22(3)14-16-7-5-4-6-8-16/h4-12H,1,13-14H2,2-3H3,(H2,20,21,25). The molecule has 2 aromatic carbocycles.